The molecular weight excluding hydrogens is 583 g/mol. The van der Waals surface area contributed by atoms with Crippen LogP contribution in [-0.2, 0) is 10.8 Å². The molecule has 0 aliphatic rings. The molecule has 6 N–H and O–H groups in total. The molecule has 224 valence electrons. The van der Waals surface area contributed by atoms with Crippen LogP contribution < -0.4 is 16.9 Å². The molecule has 0 spiro atoms. The summed E-state index contributed by atoms with van der Waals surface area (Å²) in [5.41, 5.74) is 23.9. The van der Waals surface area contributed by atoms with Gasteiger partial charge in [-0.1, -0.05) is 106 Å². The Kier molecular flexibility index (Phi) is 12.1. The van der Waals surface area contributed by atoms with Crippen molar-refractivity contribution in [3.63, 3.8) is 0 Å². The molecule has 0 aromatic heterocycles. The number of anilines is 2. The van der Waals surface area contributed by atoms with E-state index in [-0.39, 0.29) is 10.8 Å². The second kappa shape index (κ2) is 14.4. The van der Waals surface area contributed by atoms with Gasteiger partial charge in [-0.05, 0) is 113 Å². The van der Waals surface area contributed by atoms with Gasteiger partial charge in [0.05, 0.1) is 0 Å². The van der Waals surface area contributed by atoms with Gasteiger partial charge in [-0.25, -0.2) is 0 Å². The van der Waals surface area contributed by atoms with E-state index in [9.17, 15) is 0 Å². The normalized spacial score (nSPS) is 11.2. The van der Waals surface area contributed by atoms with Gasteiger partial charge in [0.25, 0.3) is 0 Å². The van der Waals surface area contributed by atoms with Crippen LogP contribution in [0.5, 0.6) is 0 Å². The Labute approximate surface area is 262 Å². The van der Waals surface area contributed by atoms with Crippen LogP contribution in [0.15, 0.2) is 77.3 Å². The van der Waals surface area contributed by atoms with E-state index in [1.165, 1.54) is 33.4 Å². The Morgan fingerprint density at radius 1 is 0.571 bits per heavy atom. The maximum Gasteiger partial charge on any atom is 0.488 e. The van der Waals surface area contributed by atoms with Crippen LogP contribution in [0.1, 0.15) is 74.9 Å². The van der Waals surface area contributed by atoms with Gasteiger partial charge in [-0.2, -0.15) is 0 Å². The molecule has 0 unspecified atom stereocenters. The third-order valence-electron chi connectivity index (χ3n) is 7.30. The molecule has 4 aromatic carbocycles. The van der Waals surface area contributed by atoms with E-state index in [1.54, 1.807) is 12.1 Å². The molecule has 4 aromatic rings. The van der Waals surface area contributed by atoms with Crippen molar-refractivity contribution in [2.75, 3.05) is 11.5 Å². The van der Waals surface area contributed by atoms with Crippen molar-refractivity contribution in [2.45, 2.75) is 80.1 Å². The molecule has 0 aliphatic carbocycles. The van der Waals surface area contributed by atoms with Crippen LogP contribution in [0.25, 0.3) is 11.1 Å². The first-order chi connectivity index (χ1) is 19.3. The van der Waals surface area contributed by atoms with E-state index < -0.39 is 7.12 Å². The van der Waals surface area contributed by atoms with E-state index in [0.717, 1.165) is 27.0 Å². The highest BCUT2D eigenvalue weighted by Crippen LogP contribution is 2.30. The average molecular weight is 632 g/mol. The van der Waals surface area contributed by atoms with Gasteiger partial charge < -0.3 is 21.5 Å². The molecule has 0 bridgehead atoms. The number of hydrogen-bond acceptors (Lipinski definition) is 4. The number of halogens is 1. The Bertz CT molecular complexity index is 1420. The largest absolute Gasteiger partial charge is 0.488 e. The second-order valence-electron chi connectivity index (χ2n) is 13.1. The van der Waals surface area contributed by atoms with Crippen LogP contribution in [0.4, 0.5) is 11.4 Å². The summed E-state index contributed by atoms with van der Waals surface area (Å²) in [5, 5.41) is 17.7. The zero-order chi connectivity index (χ0) is 32.0. The number of nitrogens with two attached hydrogens (primary N) is 2. The van der Waals surface area contributed by atoms with Gasteiger partial charge in [-0.3, -0.25) is 0 Å². The minimum absolute atomic E-state index is 0.110. The molecule has 4 nitrogen and oxygen atoms in total. The maximum atomic E-state index is 8.87. The summed E-state index contributed by atoms with van der Waals surface area (Å²) >= 11 is 3.42. The maximum absolute atomic E-state index is 8.87. The summed E-state index contributed by atoms with van der Waals surface area (Å²) < 4.78 is 1.12. The Morgan fingerprint density at radius 3 is 1.38 bits per heavy atom. The molecule has 6 heteroatoms. The molecule has 0 atom stereocenters. The highest BCUT2D eigenvalue weighted by Gasteiger charge is 2.16. The van der Waals surface area contributed by atoms with Crippen molar-refractivity contribution in [1.29, 1.82) is 0 Å². The van der Waals surface area contributed by atoms with Crippen LogP contribution in [0, 0.1) is 27.7 Å². The van der Waals surface area contributed by atoms with E-state index in [0.29, 0.717) is 5.46 Å². The van der Waals surface area contributed by atoms with E-state index in [2.05, 4.69) is 108 Å². The third kappa shape index (κ3) is 10.0. The predicted molar refractivity (Wildman–Crippen MR) is 187 cm³/mol. The lowest BCUT2D eigenvalue weighted by Gasteiger charge is -2.19. The van der Waals surface area contributed by atoms with Gasteiger partial charge in [0.1, 0.15) is 0 Å². The smallest absolute Gasteiger partial charge is 0.423 e. The Balaban J connectivity index is 0.000000234. The number of rotatable bonds is 2. The fourth-order valence-electron chi connectivity index (χ4n) is 4.26. The zero-order valence-corrected chi connectivity index (χ0v) is 28.5. The van der Waals surface area contributed by atoms with Crippen molar-refractivity contribution < 1.29 is 10.0 Å². The average Bonchev–Trinajstić information content (AvgIpc) is 2.89. The van der Waals surface area contributed by atoms with Gasteiger partial charge in [-0.15, -0.1) is 0 Å². The van der Waals surface area contributed by atoms with Crippen LogP contribution in [0.2, 0.25) is 0 Å². The van der Waals surface area contributed by atoms with Crippen molar-refractivity contribution in [2.24, 2.45) is 0 Å². The quantitative estimate of drug-likeness (QED) is 0.133. The minimum atomic E-state index is -1.37. The fraction of sp³-hybridized carbons (Fsp3) is 0.333. The monoisotopic (exact) mass is 630 g/mol. The summed E-state index contributed by atoms with van der Waals surface area (Å²) in [7, 11) is -1.37. The molecule has 0 saturated heterocycles. The van der Waals surface area contributed by atoms with Crippen molar-refractivity contribution in [1.82, 2.24) is 0 Å². The highest BCUT2D eigenvalue weighted by atomic mass is 79.9. The summed E-state index contributed by atoms with van der Waals surface area (Å²) in [6.45, 7) is 21.3. The molecule has 0 fully saturated rings. The third-order valence-corrected chi connectivity index (χ3v) is 8.15. The van der Waals surface area contributed by atoms with E-state index in [4.69, 9.17) is 21.5 Å². The fourth-order valence-corrected chi connectivity index (χ4v) is 4.72. The summed E-state index contributed by atoms with van der Waals surface area (Å²) in [5.74, 6) is 0. The molecule has 42 heavy (non-hydrogen) atoms. The Morgan fingerprint density at radius 2 is 0.976 bits per heavy atom. The van der Waals surface area contributed by atoms with Crippen molar-refractivity contribution in [3.05, 3.63) is 111 Å². The first-order valence-corrected chi connectivity index (χ1v) is 15.1. The molecule has 0 amide bonds. The molecule has 0 aliphatic heterocycles. The van der Waals surface area contributed by atoms with Gasteiger partial charge in [0.2, 0.25) is 0 Å². The Hall–Kier alpha value is -3.06. The first kappa shape index (κ1) is 35.1. The van der Waals surface area contributed by atoms with Gasteiger partial charge >= 0.3 is 7.12 Å². The number of aryl methyl sites for hydroxylation is 4. The van der Waals surface area contributed by atoms with Gasteiger partial charge in [0, 0.05) is 15.8 Å². The standard InChI is InChI=1S/C18H23N.C10H15BO2.C8H10BrN/c1-12-11-17(19)13(2)10-16(12)14-6-8-15(9-7-14)18(3,4)5;1-10(2,3)8-4-6-9(7-5-8)11(12)13;1-5-4-8(10)6(2)3-7(5)9/h6-11H,19H2,1-5H3;4-7,12-13H,1-3H3;3-4H,10H2,1-2H3. The molecule has 0 heterocycles. The molecule has 0 saturated carbocycles. The van der Waals surface area contributed by atoms with Crippen molar-refractivity contribution >= 4 is 39.9 Å². The van der Waals surface area contributed by atoms with Crippen LogP contribution in [0.3, 0.4) is 0 Å². The SMILES string of the molecule is CC(C)(C)c1ccc(B(O)O)cc1.Cc1cc(-c2ccc(C(C)(C)C)cc2)c(C)cc1N.Cc1cc(Br)c(C)cc1N. The first-order valence-electron chi connectivity index (χ1n) is 14.3. The summed E-state index contributed by atoms with van der Waals surface area (Å²) in [6, 6.07) is 24.4. The highest BCUT2D eigenvalue weighted by molar-refractivity contribution is 9.10. The lowest BCUT2D eigenvalue weighted by atomic mass is 9.78. The minimum Gasteiger partial charge on any atom is -0.423 e. The second-order valence-corrected chi connectivity index (χ2v) is 13.9. The van der Waals surface area contributed by atoms with Crippen molar-refractivity contribution in [3.8, 4) is 11.1 Å². The summed E-state index contributed by atoms with van der Waals surface area (Å²) in [4.78, 5) is 0. The molecule has 0 radical (unpaired) electrons. The molecular formula is C36H48BBrN2O2. The van der Waals surface area contributed by atoms with E-state index >= 15 is 0 Å². The number of hydrogen-bond donors (Lipinski definition) is 4. The molecule has 4 rings (SSSR count). The van der Waals surface area contributed by atoms with Crippen LogP contribution >= 0.6 is 15.9 Å². The van der Waals surface area contributed by atoms with E-state index in [1.807, 2.05) is 38.1 Å². The number of benzene rings is 4. The van der Waals surface area contributed by atoms with Crippen LogP contribution in [-0.4, -0.2) is 17.2 Å². The zero-order valence-electron chi connectivity index (χ0n) is 26.9. The number of nitrogen functional groups attached to an aromatic ring is 2. The lowest BCUT2D eigenvalue weighted by molar-refractivity contribution is 0.425. The summed E-state index contributed by atoms with van der Waals surface area (Å²) in [6.07, 6.45) is 0. The lowest BCUT2D eigenvalue weighted by Crippen LogP contribution is -2.29. The van der Waals surface area contributed by atoms with Gasteiger partial charge in [0.15, 0.2) is 0 Å². The predicted octanol–water partition coefficient (Wildman–Crippen LogP) is 8.16. The topological polar surface area (TPSA) is 92.5 Å².